The Labute approximate surface area is 559 Å². The van der Waals surface area contributed by atoms with Crippen LogP contribution in [0.1, 0.15) is 258 Å². The van der Waals surface area contributed by atoms with Crippen LogP contribution in [0.15, 0.2) is 72.9 Å². The molecule has 0 bridgehead atoms. The summed E-state index contributed by atoms with van der Waals surface area (Å²) in [5.74, 6) is -0.246. The molecule has 0 aromatic rings. The number of carbonyl (C=O) groups is 1. The third-order valence-corrected chi connectivity index (χ3v) is 18.0. The van der Waals surface area contributed by atoms with Crippen molar-refractivity contribution in [1.82, 2.24) is 5.32 Å². The van der Waals surface area contributed by atoms with Crippen LogP contribution in [0.2, 0.25) is 0 Å². The van der Waals surface area contributed by atoms with Gasteiger partial charge in [-0.2, -0.15) is 0 Å². The van der Waals surface area contributed by atoms with Gasteiger partial charge < -0.3 is 89.9 Å². The summed E-state index contributed by atoms with van der Waals surface area (Å²) < 4.78 is 34.4. The van der Waals surface area contributed by atoms with Crippen LogP contribution in [0.4, 0.5) is 0 Å². The van der Waals surface area contributed by atoms with Gasteiger partial charge in [-0.25, -0.2) is 0 Å². The van der Waals surface area contributed by atoms with Crippen molar-refractivity contribution >= 4 is 5.91 Å². The highest BCUT2D eigenvalue weighted by molar-refractivity contribution is 5.76. The molecule has 12 N–H and O–H groups in total. The quantitative estimate of drug-likeness (QED) is 0.0199. The standard InChI is InChI=1S/C74H131NO18/c1-3-5-7-9-11-13-15-17-19-21-22-23-24-25-26-27-28-29-30-31-32-33-34-36-38-40-42-44-46-48-50-52-62(80)75-57(58(79)51-49-47-45-43-41-39-37-35-20-18-16-14-12-10-8-6-4-2)56-88-72-68(86)65(83)70(60(54-77)90-72)93-74-69(87)66(84)71(61(55-78)91-74)92-73-67(85)64(82)63(81)59(53-76)89-73/h5,7,11,13,17,19,22-23,25-26,28-29,57-61,63-74,76-79,81-87H,3-4,6,8-10,12,14-16,18,20-21,24,27,30-56H2,1-2H3,(H,75,80)/b7-5-,13-11-,19-17-,23-22-,26-25-,29-28-. The molecule has 3 rings (SSSR count). The van der Waals surface area contributed by atoms with Crippen molar-refractivity contribution in [3.63, 3.8) is 0 Å². The summed E-state index contributed by atoms with van der Waals surface area (Å²) in [6.45, 7) is 1.70. The van der Waals surface area contributed by atoms with E-state index in [0.717, 1.165) is 89.9 Å². The zero-order chi connectivity index (χ0) is 67.5. The Balaban J connectivity index is 1.38. The summed E-state index contributed by atoms with van der Waals surface area (Å²) >= 11 is 0. The lowest BCUT2D eigenvalue weighted by Gasteiger charge is -2.48. The molecule has 0 saturated carbocycles. The second kappa shape index (κ2) is 55.1. The maximum absolute atomic E-state index is 13.5. The van der Waals surface area contributed by atoms with Crippen molar-refractivity contribution in [2.75, 3.05) is 26.4 Å². The fraction of sp³-hybridized carbons (Fsp3) is 0.824. The molecule has 3 aliphatic heterocycles. The van der Waals surface area contributed by atoms with Gasteiger partial charge in [-0.1, -0.05) is 260 Å². The zero-order valence-corrected chi connectivity index (χ0v) is 57.2. The van der Waals surface area contributed by atoms with Gasteiger partial charge in [-0.15, -0.1) is 0 Å². The van der Waals surface area contributed by atoms with Crippen LogP contribution in [0.25, 0.3) is 0 Å². The van der Waals surface area contributed by atoms with Crippen LogP contribution < -0.4 is 5.32 Å². The molecule has 19 nitrogen and oxygen atoms in total. The first-order chi connectivity index (χ1) is 45.3. The highest BCUT2D eigenvalue weighted by atomic mass is 16.8. The number of aliphatic hydroxyl groups is 11. The molecule has 93 heavy (non-hydrogen) atoms. The number of ether oxygens (including phenoxy) is 6. The molecule has 3 fully saturated rings. The van der Waals surface area contributed by atoms with E-state index in [9.17, 15) is 61.0 Å². The van der Waals surface area contributed by atoms with Crippen molar-refractivity contribution in [2.24, 2.45) is 0 Å². The van der Waals surface area contributed by atoms with Gasteiger partial charge in [0.15, 0.2) is 18.9 Å². The SMILES string of the molecule is CC/C=C\C/C=C\C/C=C\C/C=C\C/C=C\C/C=C\CCCCCCCCCCCCCCC(=O)NC(COC1OC(CO)C(OC2OC(CO)C(OC3OC(CO)C(O)C(O)C3O)C(O)C2O)C(O)C1O)C(O)CCCCCCCCCCCCCCCCCCC. The normalized spacial score (nSPS) is 27.9. The first-order valence-electron chi connectivity index (χ1n) is 36.7. The summed E-state index contributed by atoms with van der Waals surface area (Å²) in [6.07, 6.45) is 42.6. The van der Waals surface area contributed by atoms with E-state index in [-0.39, 0.29) is 18.9 Å². The summed E-state index contributed by atoms with van der Waals surface area (Å²) in [5.41, 5.74) is 0. The van der Waals surface area contributed by atoms with Gasteiger partial charge in [0.25, 0.3) is 0 Å². The van der Waals surface area contributed by atoms with Crippen molar-refractivity contribution in [3.05, 3.63) is 72.9 Å². The van der Waals surface area contributed by atoms with Gasteiger partial charge in [-0.3, -0.25) is 4.79 Å². The Bertz CT molecular complexity index is 1970. The maximum atomic E-state index is 13.5. The topological polar surface area (TPSA) is 307 Å². The Morgan fingerprint density at radius 3 is 1.16 bits per heavy atom. The predicted molar refractivity (Wildman–Crippen MR) is 365 cm³/mol. The van der Waals surface area contributed by atoms with Crippen LogP contribution >= 0.6 is 0 Å². The Kier molecular flexibility index (Phi) is 50.1. The van der Waals surface area contributed by atoms with Gasteiger partial charge in [-0.05, 0) is 64.2 Å². The minimum Gasteiger partial charge on any atom is -0.394 e. The van der Waals surface area contributed by atoms with Gasteiger partial charge in [0.05, 0.1) is 38.6 Å². The average molecular weight is 1320 g/mol. The summed E-state index contributed by atoms with van der Waals surface area (Å²) in [6, 6.07) is -0.892. The van der Waals surface area contributed by atoms with E-state index in [2.05, 4.69) is 92.1 Å². The van der Waals surface area contributed by atoms with Crippen molar-refractivity contribution in [3.8, 4) is 0 Å². The van der Waals surface area contributed by atoms with E-state index in [1.807, 2.05) is 0 Å². The lowest BCUT2D eigenvalue weighted by atomic mass is 9.96. The average Bonchev–Trinajstić information content (AvgIpc) is 0.900. The molecule has 0 aromatic carbocycles. The molecular weight excluding hydrogens is 1190 g/mol. The molecule has 19 heteroatoms. The summed E-state index contributed by atoms with van der Waals surface area (Å²) in [5, 5.41) is 121. The largest absolute Gasteiger partial charge is 0.394 e. The Morgan fingerprint density at radius 1 is 0.398 bits per heavy atom. The molecule has 3 heterocycles. The van der Waals surface area contributed by atoms with Crippen LogP contribution in [-0.4, -0.2) is 193 Å². The van der Waals surface area contributed by atoms with Crippen LogP contribution in [0.5, 0.6) is 0 Å². The van der Waals surface area contributed by atoms with Gasteiger partial charge >= 0.3 is 0 Å². The number of aliphatic hydroxyl groups excluding tert-OH is 11. The number of rotatable bonds is 56. The molecule has 0 aromatic heterocycles. The number of carbonyl (C=O) groups excluding carboxylic acids is 1. The molecule has 3 saturated heterocycles. The Hall–Kier alpha value is -2.77. The second-order valence-corrected chi connectivity index (χ2v) is 26.0. The summed E-state index contributed by atoms with van der Waals surface area (Å²) in [4.78, 5) is 13.5. The van der Waals surface area contributed by atoms with E-state index < -0.39 is 124 Å². The first kappa shape index (κ1) is 84.5. The smallest absolute Gasteiger partial charge is 0.220 e. The third-order valence-electron chi connectivity index (χ3n) is 18.0. The maximum Gasteiger partial charge on any atom is 0.220 e. The monoisotopic (exact) mass is 1320 g/mol. The van der Waals surface area contributed by atoms with Crippen molar-refractivity contribution in [2.45, 2.75) is 362 Å². The lowest BCUT2D eigenvalue weighted by Crippen LogP contribution is -2.66. The number of hydrogen-bond donors (Lipinski definition) is 12. The van der Waals surface area contributed by atoms with Crippen LogP contribution in [0.3, 0.4) is 0 Å². The number of allylic oxidation sites excluding steroid dienone is 12. The molecule has 3 aliphatic rings. The molecule has 0 spiro atoms. The van der Waals surface area contributed by atoms with Crippen LogP contribution in [0, 0.1) is 0 Å². The van der Waals surface area contributed by atoms with E-state index in [1.54, 1.807) is 0 Å². The fourth-order valence-corrected chi connectivity index (χ4v) is 12.1. The zero-order valence-electron chi connectivity index (χ0n) is 57.2. The van der Waals surface area contributed by atoms with Gasteiger partial charge in [0.1, 0.15) is 73.2 Å². The highest BCUT2D eigenvalue weighted by Crippen LogP contribution is 2.33. The number of nitrogens with one attached hydrogen (secondary N) is 1. The first-order valence-corrected chi connectivity index (χ1v) is 36.7. The third kappa shape index (κ3) is 36.6. The minimum atomic E-state index is -1.97. The molecule has 1 amide bonds. The van der Waals surface area contributed by atoms with E-state index in [1.165, 1.54) is 135 Å². The predicted octanol–water partition coefficient (Wildman–Crippen LogP) is 10.5. The number of hydrogen-bond acceptors (Lipinski definition) is 18. The highest BCUT2D eigenvalue weighted by Gasteiger charge is 2.53. The minimum absolute atomic E-state index is 0.246. The van der Waals surface area contributed by atoms with Crippen molar-refractivity contribution in [1.29, 1.82) is 0 Å². The second-order valence-electron chi connectivity index (χ2n) is 26.0. The lowest BCUT2D eigenvalue weighted by molar-refractivity contribution is -0.379. The number of unbranched alkanes of at least 4 members (excludes halogenated alkanes) is 28. The molecule has 17 atom stereocenters. The van der Waals surface area contributed by atoms with Gasteiger partial charge in [0.2, 0.25) is 5.91 Å². The fourth-order valence-electron chi connectivity index (χ4n) is 12.1. The van der Waals surface area contributed by atoms with E-state index >= 15 is 0 Å². The van der Waals surface area contributed by atoms with Crippen LogP contribution in [-0.2, 0) is 33.2 Å². The Morgan fingerprint density at radius 2 is 0.742 bits per heavy atom. The van der Waals surface area contributed by atoms with Gasteiger partial charge in [0, 0.05) is 6.42 Å². The molecular formula is C74H131NO18. The molecule has 0 radical (unpaired) electrons. The number of amides is 1. The van der Waals surface area contributed by atoms with E-state index in [0.29, 0.717) is 12.8 Å². The van der Waals surface area contributed by atoms with E-state index in [4.69, 9.17) is 28.4 Å². The summed E-state index contributed by atoms with van der Waals surface area (Å²) in [7, 11) is 0. The molecule has 540 valence electrons. The molecule has 0 aliphatic carbocycles. The molecule has 17 unspecified atom stereocenters. The van der Waals surface area contributed by atoms with Crippen molar-refractivity contribution < 1.29 is 89.4 Å².